The molecule has 3 saturated carbocycles. The summed E-state index contributed by atoms with van der Waals surface area (Å²) in [4.78, 5) is 0. The molecule has 5 aliphatic heterocycles. The van der Waals surface area contributed by atoms with Crippen molar-refractivity contribution in [3.05, 3.63) is 0 Å². The van der Waals surface area contributed by atoms with Gasteiger partial charge in [0.1, 0.15) is 30.5 Å². The summed E-state index contributed by atoms with van der Waals surface area (Å²) in [6.45, 7) is 25.3. The first-order valence-corrected chi connectivity index (χ1v) is 37.4. The fraction of sp³-hybridized carbons (Fsp3) is 1.00. The van der Waals surface area contributed by atoms with Gasteiger partial charge in [0.25, 0.3) is 0 Å². The quantitative estimate of drug-likeness (QED) is 0.0329. The van der Waals surface area contributed by atoms with Gasteiger partial charge in [-0.1, -0.05) is 39.5 Å². The molecule has 508 valence electrons. The minimum atomic E-state index is -2.71. The summed E-state index contributed by atoms with van der Waals surface area (Å²) < 4.78 is 102. The van der Waals surface area contributed by atoms with E-state index in [-0.39, 0.29) is 49.8 Å². The number of epoxide rings is 5. The maximum atomic E-state index is 10.6. The lowest BCUT2D eigenvalue weighted by Gasteiger charge is -2.39. The molecule has 86 heavy (non-hydrogen) atoms. The second kappa shape index (κ2) is 41.4. The number of fused-ring (bicyclic) bond motifs is 2. The largest absolute Gasteiger partial charge is 0.501 e. The van der Waals surface area contributed by atoms with Crippen molar-refractivity contribution in [2.45, 2.75) is 268 Å². The molecule has 14 atom stereocenters. The summed E-state index contributed by atoms with van der Waals surface area (Å²) in [5, 5.41) is 20.8. The van der Waals surface area contributed by atoms with Crippen molar-refractivity contribution in [3.63, 3.8) is 0 Å². The highest BCUT2D eigenvalue weighted by molar-refractivity contribution is 6.61. The lowest BCUT2D eigenvalue weighted by molar-refractivity contribution is -0.160. The standard InChI is InChI=1S/C35H66O12Si.C15H32O5Si.C8H14O.C6H12O2/c1-38-48(39-2,40-3)18-8-17-43-24-30(21-36)46-34-19-27(9-7-10-28-12-14-33-35(20-28)47-33)11-13-32(34)45-23-29(37)22-41-15-5-4-6-16-42-25-31-26-44-31;1-14(2,3)19-21(16-7,20-15(4,5)6)10-8-9-17-11-13-12-18-13;1-2-6-3-4-7-8(5-6)9-7;1-2-3-7-4-6-5-8-6/h27-37H,4-26H2,1-3H3;13H,8-12H2,1-7H3;6-8H,2-5H2,1H3;6H,2-5H2,1H3. The number of aliphatic hydroxyl groups is 2. The van der Waals surface area contributed by atoms with Crippen molar-refractivity contribution in [2.24, 2.45) is 17.8 Å². The average Bonchev–Trinajstić information content (AvgIpc) is 2.75. The van der Waals surface area contributed by atoms with E-state index < -0.39 is 29.8 Å². The molecule has 5 heterocycles. The molecule has 0 spiro atoms. The van der Waals surface area contributed by atoms with Gasteiger partial charge in [-0.3, -0.25) is 0 Å². The smallest absolute Gasteiger partial charge is 0.394 e. The van der Waals surface area contributed by atoms with Gasteiger partial charge in [0, 0.05) is 73.6 Å². The first-order chi connectivity index (χ1) is 41.4. The summed E-state index contributed by atoms with van der Waals surface area (Å²) in [7, 11) is 1.16. The summed E-state index contributed by atoms with van der Waals surface area (Å²) in [6.07, 6.45) is 23.4. The molecule has 8 rings (SSSR count). The molecule has 0 aromatic heterocycles. The van der Waals surface area contributed by atoms with Crippen LogP contribution in [0.15, 0.2) is 0 Å². The van der Waals surface area contributed by atoms with Gasteiger partial charge >= 0.3 is 17.6 Å². The Morgan fingerprint density at radius 1 is 0.488 bits per heavy atom. The van der Waals surface area contributed by atoms with E-state index in [4.69, 9.17) is 83.4 Å². The lowest BCUT2D eigenvalue weighted by Crippen LogP contribution is -2.53. The van der Waals surface area contributed by atoms with Gasteiger partial charge in [0.2, 0.25) is 0 Å². The van der Waals surface area contributed by atoms with E-state index in [0.717, 1.165) is 115 Å². The highest BCUT2D eigenvalue weighted by Crippen LogP contribution is 2.43. The predicted molar refractivity (Wildman–Crippen MR) is 333 cm³/mol. The molecule has 5 saturated heterocycles. The topological polar surface area (TPSA) is 223 Å². The van der Waals surface area contributed by atoms with Crippen molar-refractivity contribution >= 4 is 17.6 Å². The number of aliphatic hydroxyl groups excluding tert-OH is 2. The summed E-state index contributed by atoms with van der Waals surface area (Å²) in [5.74, 6) is 2.33. The fourth-order valence-electron chi connectivity index (χ4n) is 11.6. The van der Waals surface area contributed by atoms with Crippen LogP contribution >= 0.6 is 0 Å². The summed E-state index contributed by atoms with van der Waals surface area (Å²) >= 11 is 0. The summed E-state index contributed by atoms with van der Waals surface area (Å²) in [6, 6.07) is 1.40. The van der Waals surface area contributed by atoms with Gasteiger partial charge in [0.15, 0.2) is 0 Å². The number of hydrogen-bond acceptors (Lipinski definition) is 20. The predicted octanol–water partition coefficient (Wildman–Crippen LogP) is 9.69. The Balaban J connectivity index is 0.000000285. The van der Waals surface area contributed by atoms with Gasteiger partial charge in [-0.2, -0.15) is 0 Å². The van der Waals surface area contributed by atoms with Crippen LogP contribution in [0.1, 0.15) is 177 Å². The van der Waals surface area contributed by atoms with Crippen molar-refractivity contribution in [1.29, 1.82) is 0 Å². The van der Waals surface area contributed by atoms with Gasteiger partial charge < -0.3 is 93.6 Å². The SMILES string of the molecule is CCC1CCC2OC2C1.CCCOCC1CO1.CO[Si](CCCOCC(CO)OC1CC(CCCC2CCC3OC3C2)CCC1OCC(O)COCCCCCOCC1CO1)(OC)OC.CO[Si](CCCOCC1CO1)(OC(C)(C)C)OC(C)(C)C. The average molecular weight is 1270 g/mol. The Labute approximate surface area is 522 Å². The molecule has 0 radical (unpaired) electrons. The highest BCUT2D eigenvalue weighted by atomic mass is 28.4. The number of rotatable bonds is 43. The minimum absolute atomic E-state index is 0.135. The van der Waals surface area contributed by atoms with E-state index in [1.54, 1.807) is 28.4 Å². The van der Waals surface area contributed by atoms with Crippen molar-refractivity contribution in [3.8, 4) is 0 Å². The van der Waals surface area contributed by atoms with Crippen LogP contribution in [0.5, 0.6) is 0 Å². The van der Waals surface area contributed by atoms with Gasteiger partial charge in [-0.05, 0) is 156 Å². The third-order valence-electron chi connectivity index (χ3n) is 16.8. The second-order valence-corrected chi connectivity index (χ2v) is 32.7. The van der Waals surface area contributed by atoms with Crippen LogP contribution in [0.3, 0.4) is 0 Å². The van der Waals surface area contributed by atoms with Crippen molar-refractivity contribution in [1.82, 2.24) is 0 Å². The van der Waals surface area contributed by atoms with Crippen LogP contribution in [-0.4, -0.2) is 234 Å². The van der Waals surface area contributed by atoms with Crippen molar-refractivity contribution < 1.29 is 93.6 Å². The van der Waals surface area contributed by atoms with Crippen LogP contribution in [0, 0.1) is 17.8 Å². The van der Waals surface area contributed by atoms with Crippen LogP contribution in [0.2, 0.25) is 12.1 Å². The lowest BCUT2D eigenvalue weighted by atomic mass is 9.80. The van der Waals surface area contributed by atoms with E-state index in [1.165, 1.54) is 64.2 Å². The second-order valence-electron chi connectivity index (χ2n) is 26.9. The maximum absolute atomic E-state index is 10.6. The molecule has 3 aliphatic carbocycles. The molecule has 2 N–H and O–H groups in total. The van der Waals surface area contributed by atoms with Crippen LogP contribution < -0.4 is 0 Å². The van der Waals surface area contributed by atoms with E-state index in [2.05, 4.69) is 13.8 Å². The normalized spacial score (nSPS) is 29.0. The van der Waals surface area contributed by atoms with E-state index >= 15 is 0 Å². The van der Waals surface area contributed by atoms with Gasteiger partial charge in [-0.15, -0.1) is 0 Å². The molecule has 8 aliphatic rings. The van der Waals surface area contributed by atoms with Gasteiger partial charge in [-0.25, -0.2) is 0 Å². The molecule has 14 unspecified atom stereocenters. The van der Waals surface area contributed by atoms with E-state index in [9.17, 15) is 10.2 Å². The summed E-state index contributed by atoms with van der Waals surface area (Å²) in [5.41, 5.74) is -0.591. The molecular weight excluding hydrogens is 1140 g/mol. The van der Waals surface area contributed by atoms with Crippen LogP contribution in [-0.2, 0) is 83.4 Å². The Bertz CT molecular complexity index is 1670. The van der Waals surface area contributed by atoms with Crippen LogP contribution in [0.4, 0.5) is 0 Å². The van der Waals surface area contributed by atoms with Crippen molar-refractivity contribution in [2.75, 3.05) is 128 Å². The highest BCUT2D eigenvalue weighted by Gasteiger charge is 2.47. The number of hydrogen-bond donors (Lipinski definition) is 2. The Morgan fingerprint density at radius 3 is 1.45 bits per heavy atom. The maximum Gasteiger partial charge on any atom is 0.501 e. The third-order valence-corrected chi connectivity index (χ3v) is 23.1. The molecular formula is C64H124O20Si2. The van der Waals surface area contributed by atoms with E-state index in [0.29, 0.717) is 87.7 Å². The Hall–Kier alpha value is -0.366. The third kappa shape index (κ3) is 34.0. The molecule has 0 amide bonds. The minimum Gasteiger partial charge on any atom is -0.394 e. The van der Waals surface area contributed by atoms with E-state index in [1.807, 2.05) is 41.5 Å². The van der Waals surface area contributed by atoms with Crippen LogP contribution in [0.25, 0.3) is 0 Å². The molecule has 0 aromatic carbocycles. The number of unbranched alkanes of at least 4 members (excludes halogenated alkanes) is 2. The van der Waals surface area contributed by atoms with Gasteiger partial charge in [0.05, 0.1) is 114 Å². The molecule has 8 fully saturated rings. The number of ether oxygens (including phenoxy) is 12. The Morgan fingerprint density at radius 2 is 0.953 bits per heavy atom. The first kappa shape index (κ1) is 76.3. The Kier molecular flexibility index (Phi) is 36.7. The zero-order valence-corrected chi connectivity index (χ0v) is 57.8. The molecule has 20 nitrogen and oxygen atoms in total. The zero-order chi connectivity index (χ0) is 62.3. The monoisotopic (exact) mass is 1270 g/mol. The molecule has 0 aromatic rings. The molecule has 0 bridgehead atoms. The fourth-order valence-corrected chi connectivity index (χ4v) is 16.4. The first-order valence-electron chi connectivity index (χ1n) is 33.6. The molecule has 22 heteroatoms. The zero-order valence-electron chi connectivity index (χ0n) is 55.8.